The van der Waals surface area contributed by atoms with Crippen molar-refractivity contribution in [3.63, 3.8) is 0 Å². The van der Waals surface area contributed by atoms with Crippen molar-refractivity contribution in [2.75, 3.05) is 37.0 Å². The summed E-state index contributed by atoms with van der Waals surface area (Å²) >= 11 is 0. The van der Waals surface area contributed by atoms with Crippen molar-refractivity contribution in [1.29, 1.82) is 0 Å². The molecule has 2 amide bonds. The van der Waals surface area contributed by atoms with Crippen molar-refractivity contribution in [1.82, 2.24) is 9.88 Å². The number of aromatic nitrogens is 1. The molecule has 5 rings (SSSR count). The van der Waals surface area contributed by atoms with E-state index in [1.165, 1.54) is 7.11 Å². The molecular weight excluding hydrogens is 520 g/mol. The fraction of sp³-hybridized carbons (Fsp3) is 0.250. The number of pyridine rings is 1. The molecule has 1 fully saturated rings. The highest BCUT2D eigenvalue weighted by Gasteiger charge is 2.25. The number of carbonyl (C=O) groups excluding carboxylic acids is 3. The van der Waals surface area contributed by atoms with Crippen LogP contribution in [0.15, 0.2) is 103 Å². The first-order chi connectivity index (χ1) is 20.0. The number of rotatable bonds is 8. The molecule has 9 heteroatoms. The third kappa shape index (κ3) is 7.19. The van der Waals surface area contributed by atoms with Crippen LogP contribution in [0.3, 0.4) is 0 Å². The number of anilines is 2. The lowest BCUT2D eigenvalue weighted by Gasteiger charge is -2.35. The fourth-order valence-electron chi connectivity index (χ4n) is 4.76. The highest BCUT2D eigenvalue weighted by atomic mass is 16.5. The van der Waals surface area contributed by atoms with Crippen LogP contribution in [0.4, 0.5) is 11.5 Å². The van der Waals surface area contributed by atoms with Gasteiger partial charge in [0.05, 0.1) is 31.1 Å². The Labute approximate surface area is 239 Å². The number of ether oxygens (including phenoxy) is 2. The molecule has 9 nitrogen and oxygen atoms in total. The summed E-state index contributed by atoms with van der Waals surface area (Å²) in [5, 5.41) is 2.90. The first-order valence-electron chi connectivity index (χ1n) is 13.5. The highest BCUT2D eigenvalue weighted by molar-refractivity contribution is 6.06. The predicted octanol–water partition coefficient (Wildman–Crippen LogP) is 4.33. The van der Waals surface area contributed by atoms with Gasteiger partial charge in [-0.05, 0) is 48.1 Å². The minimum Gasteiger partial charge on any atom is -0.490 e. The molecule has 1 aliphatic heterocycles. The molecule has 1 aromatic carbocycles. The zero-order chi connectivity index (χ0) is 28.6. The van der Waals surface area contributed by atoms with E-state index < -0.39 is 5.97 Å². The number of benzene rings is 1. The lowest BCUT2D eigenvalue weighted by molar-refractivity contribution is -0.131. The van der Waals surface area contributed by atoms with E-state index in [4.69, 9.17) is 9.47 Å². The number of carbonyl (C=O) groups is 3. The Morgan fingerprint density at radius 3 is 2.76 bits per heavy atom. The van der Waals surface area contributed by atoms with Gasteiger partial charge < -0.3 is 24.6 Å². The van der Waals surface area contributed by atoms with Gasteiger partial charge in [-0.1, -0.05) is 42.5 Å². The number of hydrogen-bond acceptors (Lipinski definition) is 7. The number of nitrogens with one attached hydrogen (secondary N) is 1. The maximum absolute atomic E-state index is 13.0. The zero-order valence-corrected chi connectivity index (χ0v) is 22.9. The van der Waals surface area contributed by atoms with Crippen molar-refractivity contribution < 1.29 is 23.9 Å². The number of hydrogen-bond donors (Lipinski definition) is 1. The number of allylic oxidation sites excluding steroid dienone is 5. The van der Waals surface area contributed by atoms with Gasteiger partial charge in [-0.15, -0.1) is 0 Å². The second-order valence-corrected chi connectivity index (χ2v) is 9.86. The van der Waals surface area contributed by atoms with Crippen LogP contribution >= 0.6 is 0 Å². The molecule has 1 aromatic heterocycles. The van der Waals surface area contributed by atoms with Gasteiger partial charge in [-0.25, -0.2) is 9.78 Å². The SMILES string of the molecule is COC(=O)c1cccc(CN2CCN(c3ccc(NC(=O)C4=CC=CCC(OC5C=CC=CC5)=C4)cn3)CC2=O)c1. The van der Waals surface area contributed by atoms with Crippen LogP contribution in [-0.4, -0.2) is 60.5 Å². The van der Waals surface area contributed by atoms with Crippen LogP contribution in [0.5, 0.6) is 0 Å². The average molecular weight is 553 g/mol. The molecule has 41 heavy (non-hydrogen) atoms. The molecule has 3 aliphatic rings. The van der Waals surface area contributed by atoms with Crippen LogP contribution in [0.25, 0.3) is 0 Å². The molecule has 1 N–H and O–H groups in total. The van der Waals surface area contributed by atoms with Crippen LogP contribution in [0.1, 0.15) is 28.8 Å². The smallest absolute Gasteiger partial charge is 0.337 e. The third-order valence-corrected chi connectivity index (χ3v) is 6.92. The van der Waals surface area contributed by atoms with Crippen molar-refractivity contribution in [3.05, 3.63) is 114 Å². The molecule has 2 aliphatic carbocycles. The van der Waals surface area contributed by atoms with Gasteiger partial charge in [-0.2, -0.15) is 0 Å². The molecule has 210 valence electrons. The van der Waals surface area contributed by atoms with Crippen molar-refractivity contribution >= 4 is 29.3 Å². The van der Waals surface area contributed by atoms with Crippen LogP contribution in [0.2, 0.25) is 0 Å². The average Bonchev–Trinajstić information content (AvgIpc) is 3.24. The van der Waals surface area contributed by atoms with Crippen LogP contribution < -0.4 is 10.2 Å². The predicted molar refractivity (Wildman–Crippen MR) is 156 cm³/mol. The Morgan fingerprint density at radius 1 is 1.10 bits per heavy atom. The van der Waals surface area contributed by atoms with E-state index in [0.29, 0.717) is 48.7 Å². The van der Waals surface area contributed by atoms with Gasteiger partial charge >= 0.3 is 5.97 Å². The summed E-state index contributed by atoms with van der Waals surface area (Å²) in [6.45, 7) is 1.73. The first kappa shape index (κ1) is 27.6. The molecule has 2 aromatic rings. The molecule has 0 bridgehead atoms. The summed E-state index contributed by atoms with van der Waals surface area (Å²) in [6, 6.07) is 10.7. The van der Waals surface area contributed by atoms with Gasteiger partial charge in [0.1, 0.15) is 17.7 Å². The standard InChI is InChI=1S/C32H32N4O5/c1-40-32(39)25-10-7-8-23(18-25)21-36-17-16-35(22-30(36)37)29-15-14-26(20-33-29)34-31(38)24-9-5-6-13-28(19-24)41-27-11-3-2-4-12-27/h2-11,14-15,18-20,27H,12-13,16-17,21-22H2,1H3,(H,34,38). The van der Waals surface area contributed by atoms with Gasteiger partial charge in [0.15, 0.2) is 0 Å². The second-order valence-electron chi connectivity index (χ2n) is 9.86. The van der Waals surface area contributed by atoms with E-state index in [0.717, 1.165) is 17.7 Å². The van der Waals surface area contributed by atoms with Crippen LogP contribution in [0, 0.1) is 0 Å². The second kappa shape index (κ2) is 13.0. The topological polar surface area (TPSA) is 101 Å². The number of methoxy groups -OCH3 is 1. The Morgan fingerprint density at radius 2 is 2.00 bits per heavy atom. The summed E-state index contributed by atoms with van der Waals surface area (Å²) in [7, 11) is 1.34. The van der Waals surface area contributed by atoms with E-state index in [9.17, 15) is 14.4 Å². The molecule has 0 radical (unpaired) electrons. The fourth-order valence-corrected chi connectivity index (χ4v) is 4.76. The number of piperazine rings is 1. The molecule has 1 atom stereocenters. The first-order valence-corrected chi connectivity index (χ1v) is 13.5. The van der Waals surface area contributed by atoms with Gasteiger partial charge in [0, 0.05) is 38.0 Å². The Kier molecular flexibility index (Phi) is 8.73. The van der Waals surface area contributed by atoms with E-state index in [2.05, 4.69) is 16.4 Å². The molecule has 0 saturated carbocycles. The van der Waals surface area contributed by atoms with Gasteiger partial charge in [0.2, 0.25) is 5.91 Å². The van der Waals surface area contributed by atoms with Crippen molar-refractivity contribution in [3.8, 4) is 0 Å². The monoisotopic (exact) mass is 552 g/mol. The quantitative estimate of drug-likeness (QED) is 0.487. The molecule has 1 saturated heterocycles. The number of amides is 2. The molecule has 2 heterocycles. The largest absolute Gasteiger partial charge is 0.490 e. The molecule has 0 spiro atoms. The normalized spacial score (nSPS) is 18.4. The van der Waals surface area contributed by atoms with E-state index in [1.54, 1.807) is 53.6 Å². The summed E-state index contributed by atoms with van der Waals surface area (Å²) in [5.41, 5.74) is 2.37. The lowest BCUT2D eigenvalue weighted by atomic mass is 10.1. The van der Waals surface area contributed by atoms with Crippen LogP contribution in [-0.2, 0) is 25.6 Å². The molecular formula is C32H32N4O5. The minimum absolute atomic E-state index is 0.0307. The van der Waals surface area contributed by atoms with E-state index >= 15 is 0 Å². The van der Waals surface area contributed by atoms with E-state index in [-0.39, 0.29) is 24.5 Å². The third-order valence-electron chi connectivity index (χ3n) is 6.92. The van der Waals surface area contributed by atoms with Gasteiger partial charge in [0.25, 0.3) is 5.91 Å². The van der Waals surface area contributed by atoms with Crippen molar-refractivity contribution in [2.45, 2.75) is 25.5 Å². The minimum atomic E-state index is -0.406. The number of nitrogens with zero attached hydrogens (tertiary/aromatic N) is 3. The Bertz CT molecular complexity index is 1450. The Balaban J connectivity index is 1.16. The summed E-state index contributed by atoms with van der Waals surface area (Å²) < 4.78 is 10.9. The van der Waals surface area contributed by atoms with Crippen molar-refractivity contribution in [2.24, 2.45) is 0 Å². The van der Waals surface area contributed by atoms with E-state index in [1.807, 2.05) is 41.3 Å². The lowest BCUT2D eigenvalue weighted by Crippen LogP contribution is -2.50. The maximum atomic E-state index is 13.0. The maximum Gasteiger partial charge on any atom is 0.337 e. The number of esters is 1. The highest BCUT2D eigenvalue weighted by Crippen LogP contribution is 2.22. The van der Waals surface area contributed by atoms with Gasteiger partial charge in [-0.3, -0.25) is 9.59 Å². The summed E-state index contributed by atoms with van der Waals surface area (Å²) in [4.78, 5) is 45.9. The zero-order valence-electron chi connectivity index (χ0n) is 22.9. The molecule has 1 unspecified atom stereocenters. The summed E-state index contributed by atoms with van der Waals surface area (Å²) in [5.74, 6) is 0.698. The Hall–Kier alpha value is -4.92. The summed E-state index contributed by atoms with van der Waals surface area (Å²) in [6.07, 6.45) is 18.3.